The van der Waals surface area contributed by atoms with E-state index in [0.717, 1.165) is 17.7 Å². The zero-order chi connectivity index (χ0) is 11.4. The van der Waals surface area contributed by atoms with Crippen LogP contribution in [0.2, 0.25) is 0 Å². The van der Waals surface area contributed by atoms with Crippen molar-refractivity contribution in [1.29, 1.82) is 0 Å². The Morgan fingerprint density at radius 2 is 2.33 bits per heavy atom. The van der Waals surface area contributed by atoms with Crippen molar-refractivity contribution in [3.05, 3.63) is 17.3 Å². The number of aryl methyl sites for hydroxylation is 2. The standard InChI is InChI=1S/C10H14N2O3/c1-4-7-6(2)5-8(12-10(13)14)9(11-7)15-3/h5,12H,4H2,1-3H3,(H,13,14). The van der Waals surface area contributed by atoms with E-state index in [0.29, 0.717) is 11.6 Å². The molecule has 5 heteroatoms. The van der Waals surface area contributed by atoms with Gasteiger partial charge in [0.15, 0.2) is 0 Å². The summed E-state index contributed by atoms with van der Waals surface area (Å²) in [7, 11) is 1.46. The van der Waals surface area contributed by atoms with Gasteiger partial charge in [-0.25, -0.2) is 9.78 Å². The molecule has 0 aliphatic rings. The first-order valence-electron chi connectivity index (χ1n) is 4.63. The van der Waals surface area contributed by atoms with Gasteiger partial charge in [-0.05, 0) is 25.0 Å². The number of hydrogen-bond donors (Lipinski definition) is 2. The number of anilines is 1. The molecule has 0 saturated heterocycles. The van der Waals surface area contributed by atoms with Crippen molar-refractivity contribution < 1.29 is 14.6 Å². The van der Waals surface area contributed by atoms with E-state index in [1.54, 1.807) is 6.07 Å². The van der Waals surface area contributed by atoms with Crippen LogP contribution in [0.5, 0.6) is 5.88 Å². The zero-order valence-corrected chi connectivity index (χ0v) is 9.00. The second-order valence-electron chi connectivity index (χ2n) is 3.09. The van der Waals surface area contributed by atoms with Crippen LogP contribution in [0.25, 0.3) is 0 Å². The molecule has 0 aliphatic carbocycles. The quantitative estimate of drug-likeness (QED) is 0.800. The van der Waals surface area contributed by atoms with Crippen molar-refractivity contribution in [3.8, 4) is 5.88 Å². The number of nitrogens with one attached hydrogen (secondary N) is 1. The van der Waals surface area contributed by atoms with Crippen LogP contribution in [0, 0.1) is 6.92 Å². The van der Waals surface area contributed by atoms with Crippen LogP contribution in [0.15, 0.2) is 6.07 Å². The summed E-state index contributed by atoms with van der Waals surface area (Å²) >= 11 is 0. The normalized spacial score (nSPS) is 9.80. The van der Waals surface area contributed by atoms with Crippen molar-refractivity contribution in [2.45, 2.75) is 20.3 Å². The molecule has 0 radical (unpaired) electrons. The van der Waals surface area contributed by atoms with Crippen LogP contribution in [0.1, 0.15) is 18.2 Å². The van der Waals surface area contributed by atoms with E-state index in [4.69, 9.17) is 9.84 Å². The maximum Gasteiger partial charge on any atom is 0.409 e. The van der Waals surface area contributed by atoms with Crippen molar-refractivity contribution in [1.82, 2.24) is 4.98 Å². The summed E-state index contributed by atoms with van der Waals surface area (Å²) in [6.07, 6.45) is -0.339. The number of nitrogens with zero attached hydrogens (tertiary/aromatic N) is 1. The van der Waals surface area contributed by atoms with Gasteiger partial charge in [0.05, 0.1) is 7.11 Å². The van der Waals surface area contributed by atoms with Crippen molar-refractivity contribution in [3.63, 3.8) is 0 Å². The predicted octanol–water partition coefficient (Wildman–Crippen LogP) is 2.05. The number of pyridine rings is 1. The molecule has 0 unspecified atom stereocenters. The van der Waals surface area contributed by atoms with Gasteiger partial charge in [0.1, 0.15) is 5.69 Å². The number of rotatable bonds is 3. The van der Waals surface area contributed by atoms with Crippen LogP contribution < -0.4 is 10.1 Å². The van der Waals surface area contributed by atoms with Gasteiger partial charge < -0.3 is 9.84 Å². The SMILES string of the molecule is CCc1nc(OC)c(NC(=O)O)cc1C. The maximum absolute atomic E-state index is 10.5. The first-order valence-corrected chi connectivity index (χ1v) is 4.63. The lowest BCUT2D eigenvalue weighted by atomic mass is 10.1. The molecule has 1 aromatic rings. The van der Waals surface area contributed by atoms with Crippen molar-refractivity contribution in [2.75, 3.05) is 12.4 Å². The summed E-state index contributed by atoms with van der Waals surface area (Å²) in [5.74, 6) is 0.305. The molecule has 0 atom stereocenters. The Hall–Kier alpha value is -1.78. The fraction of sp³-hybridized carbons (Fsp3) is 0.400. The number of methoxy groups -OCH3 is 1. The molecular formula is C10H14N2O3. The average molecular weight is 210 g/mol. The van der Waals surface area contributed by atoms with E-state index in [9.17, 15) is 4.79 Å². The highest BCUT2D eigenvalue weighted by atomic mass is 16.5. The molecule has 0 aromatic carbocycles. The Labute approximate surface area is 88.1 Å². The summed E-state index contributed by atoms with van der Waals surface area (Å²) in [6.45, 7) is 3.87. The Morgan fingerprint density at radius 3 is 2.80 bits per heavy atom. The molecule has 1 aromatic heterocycles. The number of aromatic nitrogens is 1. The lowest BCUT2D eigenvalue weighted by Crippen LogP contribution is -2.10. The van der Waals surface area contributed by atoms with Crippen LogP contribution >= 0.6 is 0 Å². The topological polar surface area (TPSA) is 71.5 Å². The van der Waals surface area contributed by atoms with Gasteiger partial charge in [-0.15, -0.1) is 0 Å². The molecule has 0 saturated carbocycles. The minimum atomic E-state index is -1.13. The summed E-state index contributed by atoms with van der Waals surface area (Å²) in [5.41, 5.74) is 2.23. The van der Waals surface area contributed by atoms with Gasteiger partial charge in [0.2, 0.25) is 5.88 Å². The Balaban J connectivity index is 3.15. The number of carbonyl (C=O) groups is 1. The molecule has 0 spiro atoms. The molecule has 0 fully saturated rings. The van der Waals surface area contributed by atoms with Crippen LogP contribution in [0.3, 0.4) is 0 Å². The highest BCUT2D eigenvalue weighted by Gasteiger charge is 2.10. The first kappa shape index (κ1) is 11.3. The fourth-order valence-electron chi connectivity index (χ4n) is 1.35. The van der Waals surface area contributed by atoms with Gasteiger partial charge in [0.25, 0.3) is 0 Å². The fourth-order valence-corrected chi connectivity index (χ4v) is 1.35. The molecule has 0 bridgehead atoms. The van der Waals surface area contributed by atoms with E-state index in [1.165, 1.54) is 7.11 Å². The molecule has 2 N–H and O–H groups in total. The molecule has 0 aliphatic heterocycles. The smallest absolute Gasteiger partial charge is 0.409 e. The van der Waals surface area contributed by atoms with E-state index in [1.807, 2.05) is 13.8 Å². The predicted molar refractivity (Wildman–Crippen MR) is 56.6 cm³/mol. The van der Waals surface area contributed by atoms with Crippen LogP contribution in [0.4, 0.5) is 10.5 Å². The minimum Gasteiger partial charge on any atom is -0.480 e. The molecule has 15 heavy (non-hydrogen) atoms. The molecule has 1 amide bonds. The summed E-state index contributed by atoms with van der Waals surface area (Å²) in [6, 6.07) is 1.72. The third-order valence-corrected chi connectivity index (χ3v) is 2.05. The van der Waals surface area contributed by atoms with Crippen molar-refractivity contribution in [2.24, 2.45) is 0 Å². The van der Waals surface area contributed by atoms with Crippen molar-refractivity contribution >= 4 is 11.8 Å². The first-order chi connectivity index (χ1) is 7.08. The van der Waals surface area contributed by atoms with Gasteiger partial charge in [-0.1, -0.05) is 6.92 Å². The van der Waals surface area contributed by atoms with E-state index in [-0.39, 0.29) is 0 Å². The maximum atomic E-state index is 10.5. The van der Waals surface area contributed by atoms with Gasteiger partial charge in [0, 0.05) is 5.69 Å². The molecule has 1 heterocycles. The highest BCUT2D eigenvalue weighted by molar-refractivity contribution is 5.84. The minimum absolute atomic E-state index is 0.305. The second kappa shape index (κ2) is 4.63. The Kier molecular flexibility index (Phi) is 3.49. The number of ether oxygens (including phenoxy) is 1. The second-order valence-corrected chi connectivity index (χ2v) is 3.09. The highest BCUT2D eigenvalue weighted by Crippen LogP contribution is 2.24. The van der Waals surface area contributed by atoms with Gasteiger partial charge in [-0.2, -0.15) is 0 Å². The molecule has 5 nitrogen and oxygen atoms in total. The lowest BCUT2D eigenvalue weighted by molar-refractivity contribution is 0.209. The van der Waals surface area contributed by atoms with Gasteiger partial charge >= 0.3 is 6.09 Å². The third-order valence-electron chi connectivity index (χ3n) is 2.05. The van der Waals surface area contributed by atoms with Crippen LogP contribution in [-0.4, -0.2) is 23.3 Å². The summed E-state index contributed by atoms with van der Waals surface area (Å²) in [4.78, 5) is 14.7. The van der Waals surface area contributed by atoms with Gasteiger partial charge in [-0.3, -0.25) is 5.32 Å². The zero-order valence-electron chi connectivity index (χ0n) is 9.00. The van der Waals surface area contributed by atoms with E-state index in [2.05, 4.69) is 10.3 Å². The molecule has 82 valence electrons. The number of carboxylic acid groups (broad SMARTS) is 1. The number of hydrogen-bond acceptors (Lipinski definition) is 3. The Morgan fingerprint density at radius 1 is 1.67 bits per heavy atom. The third kappa shape index (κ3) is 2.59. The summed E-state index contributed by atoms with van der Waals surface area (Å²) in [5, 5.41) is 10.9. The monoisotopic (exact) mass is 210 g/mol. The van der Waals surface area contributed by atoms with E-state index < -0.39 is 6.09 Å². The average Bonchev–Trinajstić information content (AvgIpc) is 2.17. The number of amides is 1. The summed E-state index contributed by atoms with van der Waals surface area (Å²) < 4.78 is 5.01. The lowest BCUT2D eigenvalue weighted by Gasteiger charge is -2.10. The molecular weight excluding hydrogens is 196 g/mol. The van der Waals surface area contributed by atoms with E-state index >= 15 is 0 Å². The van der Waals surface area contributed by atoms with Crippen LogP contribution in [-0.2, 0) is 6.42 Å². The molecule has 1 rings (SSSR count). The Bertz CT molecular complexity index is 377. The largest absolute Gasteiger partial charge is 0.480 e.